The van der Waals surface area contributed by atoms with Gasteiger partial charge in [-0.2, -0.15) is 14.0 Å². The molecule has 2 aromatic rings. The number of methoxy groups -OCH3 is 1. The topological polar surface area (TPSA) is 45.0 Å². The second-order valence-electron chi connectivity index (χ2n) is 5.28. The molecule has 0 heterocycles. The molecular formula is C18H17BrF2N2O. The molecule has 2 aromatic carbocycles. The molecule has 0 radical (unpaired) electrons. The van der Waals surface area contributed by atoms with Crippen molar-refractivity contribution in [2.75, 3.05) is 13.7 Å². The summed E-state index contributed by atoms with van der Waals surface area (Å²) in [5.74, 6) is -3.35. The number of alkyl halides is 2. The summed E-state index contributed by atoms with van der Waals surface area (Å²) in [6, 6.07) is 14.4. The minimum atomic E-state index is -3.35. The van der Waals surface area contributed by atoms with Gasteiger partial charge in [-0.1, -0.05) is 58.4 Å². The number of rotatable bonds is 7. The number of hydrogen-bond donors (Lipinski definition) is 1. The van der Waals surface area contributed by atoms with E-state index in [1.54, 1.807) is 12.1 Å². The zero-order chi connectivity index (χ0) is 17.6. The first-order valence-electron chi connectivity index (χ1n) is 7.32. The van der Waals surface area contributed by atoms with Gasteiger partial charge >= 0.3 is 5.92 Å². The average molecular weight is 395 g/mol. The molecule has 24 heavy (non-hydrogen) atoms. The van der Waals surface area contributed by atoms with Crippen molar-refractivity contribution in [2.24, 2.45) is 0 Å². The monoisotopic (exact) mass is 394 g/mol. The lowest BCUT2D eigenvalue weighted by Crippen LogP contribution is -2.45. The summed E-state index contributed by atoms with van der Waals surface area (Å²) in [7, 11) is 1.49. The number of ether oxygens (including phenoxy) is 1. The molecule has 0 aliphatic carbocycles. The van der Waals surface area contributed by atoms with Crippen LogP contribution in [0.3, 0.4) is 0 Å². The van der Waals surface area contributed by atoms with Crippen LogP contribution in [0.15, 0.2) is 59.1 Å². The van der Waals surface area contributed by atoms with Crippen molar-refractivity contribution >= 4 is 15.9 Å². The molecule has 0 amide bonds. The normalized spacial score (nSPS) is 14.0. The maximum Gasteiger partial charge on any atom is 0.301 e. The molecular weight excluding hydrogens is 378 g/mol. The molecule has 0 fully saturated rings. The van der Waals surface area contributed by atoms with E-state index in [1.165, 1.54) is 25.3 Å². The molecule has 0 spiro atoms. The van der Waals surface area contributed by atoms with Crippen molar-refractivity contribution in [3.05, 3.63) is 70.2 Å². The van der Waals surface area contributed by atoms with E-state index < -0.39 is 18.0 Å². The molecule has 2 atom stereocenters. The SMILES string of the molecule is COCC(NC(C#N)C(F)(F)c1cccc(Br)c1)c1ccccc1. The van der Waals surface area contributed by atoms with Gasteiger partial charge in [0.05, 0.1) is 18.7 Å². The lowest BCUT2D eigenvalue weighted by Gasteiger charge is -2.27. The maximum atomic E-state index is 14.8. The highest BCUT2D eigenvalue weighted by molar-refractivity contribution is 9.10. The van der Waals surface area contributed by atoms with E-state index in [9.17, 15) is 14.0 Å². The van der Waals surface area contributed by atoms with Crippen LogP contribution in [0.25, 0.3) is 0 Å². The van der Waals surface area contributed by atoms with Gasteiger partial charge in [-0.15, -0.1) is 0 Å². The molecule has 6 heteroatoms. The van der Waals surface area contributed by atoms with E-state index in [0.29, 0.717) is 4.47 Å². The van der Waals surface area contributed by atoms with Gasteiger partial charge in [-0.25, -0.2) is 0 Å². The number of benzene rings is 2. The summed E-state index contributed by atoms with van der Waals surface area (Å²) in [5, 5.41) is 12.0. The van der Waals surface area contributed by atoms with E-state index in [1.807, 2.05) is 30.3 Å². The highest BCUT2D eigenvalue weighted by Crippen LogP contribution is 2.34. The first-order chi connectivity index (χ1) is 11.5. The number of nitriles is 1. The highest BCUT2D eigenvalue weighted by Gasteiger charge is 2.43. The molecule has 0 saturated heterocycles. The Morgan fingerprint density at radius 2 is 1.92 bits per heavy atom. The Kier molecular flexibility index (Phi) is 6.44. The first-order valence-corrected chi connectivity index (χ1v) is 8.11. The molecule has 0 aliphatic heterocycles. The van der Waals surface area contributed by atoms with Crippen molar-refractivity contribution in [3.63, 3.8) is 0 Å². The third kappa shape index (κ3) is 4.38. The fraction of sp³-hybridized carbons (Fsp3) is 0.278. The van der Waals surface area contributed by atoms with Gasteiger partial charge in [0.25, 0.3) is 0 Å². The van der Waals surface area contributed by atoms with E-state index in [0.717, 1.165) is 5.56 Å². The second-order valence-corrected chi connectivity index (χ2v) is 6.20. The minimum absolute atomic E-state index is 0.177. The van der Waals surface area contributed by atoms with Crippen LogP contribution in [0.4, 0.5) is 8.78 Å². The van der Waals surface area contributed by atoms with E-state index >= 15 is 0 Å². The smallest absolute Gasteiger partial charge is 0.301 e. The average Bonchev–Trinajstić information content (AvgIpc) is 2.59. The maximum absolute atomic E-state index is 14.8. The van der Waals surface area contributed by atoms with Crippen LogP contribution in [0.5, 0.6) is 0 Å². The van der Waals surface area contributed by atoms with Crippen molar-refractivity contribution < 1.29 is 13.5 Å². The summed E-state index contributed by atoms with van der Waals surface area (Å²) < 4.78 is 35.2. The molecule has 1 N–H and O–H groups in total. The van der Waals surface area contributed by atoms with E-state index in [2.05, 4.69) is 21.2 Å². The van der Waals surface area contributed by atoms with Crippen molar-refractivity contribution in [1.82, 2.24) is 5.32 Å². The zero-order valence-corrected chi connectivity index (χ0v) is 14.6. The van der Waals surface area contributed by atoms with Gasteiger partial charge in [0.15, 0.2) is 6.04 Å². The molecule has 2 rings (SSSR count). The van der Waals surface area contributed by atoms with Crippen LogP contribution in [0, 0.1) is 11.3 Å². The molecule has 3 nitrogen and oxygen atoms in total. The summed E-state index contributed by atoms with van der Waals surface area (Å²) in [6.45, 7) is 0.177. The number of nitrogens with zero attached hydrogens (tertiary/aromatic N) is 1. The molecule has 0 saturated carbocycles. The highest BCUT2D eigenvalue weighted by atomic mass is 79.9. The lowest BCUT2D eigenvalue weighted by atomic mass is 9.99. The fourth-order valence-electron chi connectivity index (χ4n) is 2.38. The third-order valence-electron chi connectivity index (χ3n) is 3.60. The molecule has 0 aliphatic rings. The Hall–Kier alpha value is -1.81. The van der Waals surface area contributed by atoms with Gasteiger partial charge in [-0.3, -0.25) is 5.32 Å². The summed E-state index contributed by atoms with van der Waals surface area (Å²) in [5.41, 5.74) is 0.560. The van der Waals surface area contributed by atoms with Gasteiger partial charge in [-0.05, 0) is 17.7 Å². The van der Waals surface area contributed by atoms with Crippen molar-refractivity contribution in [1.29, 1.82) is 5.26 Å². The lowest BCUT2D eigenvalue weighted by molar-refractivity contribution is -0.0318. The van der Waals surface area contributed by atoms with Gasteiger partial charge in [0, 0.05) is 17.1 Å². The Morgan fingerprint density at radius 1 is 1.21 bits per heavy atom. The summed E-state index contributed by atoms with van der Waals surface area (Å²) >= 11 is 3.18. The summed E-state index contributed by atoms with van der Waals surface area (Å²) in [6.07, 6.45) is 0. The molecule has 0 aromatic heterocycles. The van der Waals surface area contributed by atoms with Crippen molar-refractivity contribution in [3.8, 4) is 6.07 Å². The van der Waals surface area contributed by atoms with E-state index in [4.69, 9.17) is 4.74 Å². The number of hydrogen-bond acceptors (Lipinski definition) is 3. The molecule has 0 bridgehead atoms. The van der Waals surface area contributed by atoms with Gasteiger partial charge < -0.3 is 4.74 Å². The van der Waals surface area contributed by atoms with Gasteiger partial charge in [0.1, 0.15) is 0 Å². The van der Waals surface area contributed by atoms with Crippen LogP contribution in [0.2, 0.25) is 0 Å². The Labute approximate surface area is 148 Å². The first kappa shape index (κ1) is 18.5. The largest absolute Gasteiger partial charge is 0.383 e. The van der Waals surface area contributed by atoms with Crippen LogP contribution < -0.4 is 5.32 Å². The van der Waals surface area contributed by atoms with E-state index in [-0.39, 0.29) is 12.2 Å². The fourth-order valence-corrected chi connectivity index (χ4v) is 2.78. The zero-order valence-electron chi connectivity index (χ0n) is 13.0. The molecule has 126 valence electrons. The summed E-state index contributed by atoms with van der Waals surface area (Å²) in [4.78, 5) is 0. The van der Waals surface area contributed by atoms with Gasteiger partial charge in [0.2, 0.25) is 0 Å². The number of halogens is 3. The third-order valence-corrected chi connectivity index (χ3v) is 4.10. The van der Waals surface area contributed by atoms with Crippen LogP contribution in [-0.4, -0.2) is 19.8 Å². The Balaban J connectivity index is 2.27. The Bertz CT molecular complexity index is 704. The number of nitrogens with one attached hydrogen (secondary N) is 1. The van der Waals surface area contributed by atoms with Crippen LogP contribution >= 0.6 is 15.9 Å². The second kappa shape index (κ2) is 8.34. The minimum Gasteiger partial charge on any atom is -0.383 e. The Morgan fingerprint density at radius 3 is 2.50 bits per heavy atom. The standard InChI is InChI=1S/C18H17BrF2N2O/c1-24-12-16(13-6-3-2-4-7-13)23-17(11-22)18(20,21)14-8-5-9-15(19)10-14/h2-10,16-17,23H,12H2,1H3. The molecule has 2 unspecified atom stereocenters. The predicted octanol–water partition coefficient (Wildman–Crippen LogP) is 4.41. The quantitative estimate of drug-likeness (QED) is 0.756. The van der Waals surface area contributed by atoms with Crippen LogP contribution in [-0.2, 0) is 10.7 Å². The van der Waals surface area contributed by atoms with Crippen molar-refractivity contribution in [2.45, 2.75) is 18.0 Å². The van der Waals surface area contributed by atoms with Crippen LogP contribution in [0.1, 0.15) is 17.2 Å². The predicted molar refractivity (Wildman–Crippen MR) is 91.6 cm³/mol.